The Kier molecular flexibility index (Phi) is 5.29. The highest BCUT2D eigenvalue weighted by Crippen LogP contribution is 2.28. The maximum Gasteiger partial charge on any atom is 0.270 e. The van der Waals surface area contributed by atoms with Crippen molar-refractivity contribution in [3.63, 3.8) is 0 Å². The molecule has 6 nitrogen and oxygen atoms in total. The van der Waals surface area contributed by atoms with Crippen LogP contribution in [-0.4, -0.2) is 26.5 Å². The molecule has 4 rings (SSSR count). The summed E-state index contributed by atoms with van der Waals surface area (Å²) in [5.74, 6) is -0.929. The molecule has 1 N–H and O–H groups in total. The van der Waals surface area contributed by atoms with E-state index in [4.69, 9.17) is 12.2 Å². The van der Waals surface area contributed by atoms with Gasteiger partial charge in [0.05, 0.1) is 5.69 Å². The Labute approximate surface area is 186 Å². The summed E-state index contributed by atoms with van der Waals surface area (Å²) in [5, 5.41) is 2.75. The van der Waals surface area contributed by atoms with E-state index in [-0.39, 0.29) is 10.7 Å². The first-order chi connectivity index (χ1) is 14.8. The molecule has 31 heavy (non-hydrogen) atoms. The lowest BCUT2D eigenvalue weighted by Crippen LogP contribution is -2.54. The number of nitrogens with zero attached hydrogens (tertiary/aromatic N) is 3. The Bertz CT molecular complexity index is 1260. The molecule has 0 unspecified atom stereocenters. The third-order valence-electron chi connectivity index (χ3n) is 5.61. The van der Waals surface area contributed by atoms with Crippen molar-refractivity contribution < 1.29 is 9.59 Å². The van der Waals surface area contributed by atoms with Crippen LogP contribution in [0.25, 0.3) is 11.8 Å². The first kappa shape index (κ1) is 20.7. The largest absolute Gasteiger partial charge is 0.318 e. The SMILES string of the molecule is Cc1cccc(N2C(=O)/C(=C\c3cc(C)n(-c4ccncc4)c3C)C(=O)NC2=S)c1C. The minimum absolute atomic E-state index is 0.0458. The van der Waals surface area contributed by atoms with E-state index in [0.717, 1.165) is 33.8 Å². The van der Waals surface area contributed by atoms with Gasteiger partial charge in [-0.3, -0.25) is 24.8 Å². The molecular formula is C24H22N4O2S. The summed E-state index contributed by atoms with van der Waals surface area (Å²) >= 11 is 5.33. The van der Waals surface area contributed by atoms with Crippen molar-refractivity contribution in [3.05, 3.63) is 82.4 Å². The van der Waals surface area contributed by atoms with Crippen LogP contribution in [-0.2, 0) is 9.59 Å². The van der Waals surface area contributed by atoms with Crippen LogP contribution in [0.3, 0.4) is 0 Å². The number of carbonyl (C=O) groups is 2. The van der Waals surface area contributed by atoms with E-state index in [1.54, 1.807) is 18.5 Å². The smallest absolute Gasteiger partial charge is 0.270 e. The van der Waals surface area contributed by atoms with Gasteiger partial charge in [0.2, 0.25) is 0 Å². The van der Waals surface area contributed by atoms with E-state index in [2.05, 4.69) is 14.9 Å². The summed E-state index contributed by atoms with van der Waals surface area (Å²) in [5.41, 5.74) is 6.35. The van der Waals surface area contributed by atoms with E-state index in [1.165, 1.54) is 4.90 Å². The first-order valence-electron chi connectivity index (χ1n) is 9.86. The van der Waals surface area contributed by atoms with Gasteiger partial charge in [0.25, 0.3) is 11.8 Å². The molecule has 3 aromatic rings. The molecule has 1 aliphatic heterocycles. The second kappa shape index (κ2) is 7.92. The van der Waals surface area contributed by atoms with Gasteiger partial charge in [0, 0.05) is 29.5 Å². The summed E-state index contributed by atoms with van der Waals surface area (Å²) in [6.07, 6.45) is 5.10. The van der Waals surface area contributed by atoms with Crippen molar-refractivity contribution in [2.75, 3.05) is 4.90 Å². The standard InChI is InChI=1S/C24H22N4O2S/c1-14-6-5-7-21(16(14)3)28-23(30)20(22(29)26-24(28)31)13-18-12-15(2)27(17(18)4)19-8-10-25-11-9-19/h5-13H,1-4H3,(H,26,29,31)/b20-13-. The van der Waals surface area contributed by atoms with Gasteiger partial charge in [-0.25, -0.2) is 0 Å². The van der Waals surface area contributed by atoms with Crippen molar-refractivity contribution in [2.45, 2.75) is 27.7 Å². The number of carbonyl (C=O) groups excluding carboxylic acids is 2. The van der Waals surface area contributed by atoms with Gasteiger partial charge >= 0.3 is 0 Å². The lowest BCUT2D eigenvalue weighted by molar-refractivity contribution is -0.122. The molecular weight excluding hydrogens is 408 g/mol. The molecule has 1 saturated heterocycles. The first-order valence-corrected chi connectivity index (χ1v) is 10.3. The van der Waals surface area contributed by atoms with Gasteiger partial charge < -0.3 is 4.57 Å². The molecule has 0 bridgehead atoms. The van der Waals surface area contributed by atoms with E-state index in [1.807, 2.05) is 64.1 Å². The molecule has 2 amide bonds. The summed E-state index contributed by atoms with van der Waals surface area (Å²) in [7, 11) is 0. The Balaban J connectivity index is 1.79. The van der Waals surface area contributed by atoms with Crippen LogP contribution in [0.1, 0.15) is 28.1 Å². The number of thiocarbonyl (C=S) groups is 1. The molecule has 1 fully saturated rings. The Hall–Kier alpha value is -3.58. The Morgan fingerprint density at radius 1 is 1.03 bits per heavy atom. The fourth-order valence-electron chi connectivity index (χ4n) is 3.83. The van der Waals surface area contributed by atoms with Crippen LogP contribution >= 0.6 is 12.2 Å². The van der Waals surface area contributed by atoms with Crippen LogP contribution in [0.5, 0.6) is 0 Å². The molecule has 0 atom stereocenters. The predicted molar refractivity (Wildman–Crippen MR) is 125 cm³/mol. The Morgan fingerprint density at radius 3 is 2.45 bits per heavy atom. The second-order valence-electron chi connectivity index (χ2n) is 7.54. The van der Waals surface area contributed by atoms with Gasteiger partial charge in [-0.15, -0.1) is 0 Å². The summed E-state index contributed by atoms with van der Waals surface area (Å²) in [6.45, 7) is 7.84. The van der Waals surface area contributed by atoms with Crippen molar-refractivity contribution in [1.29, 1.82) is 0 Å². The maximum absolute atomic E-state index is 13.4. The van der Waals surface area contributed by atoms with Gasteiger partial charge in [-0.2, -0.15) is 0 Å². The lowest BCUT2D eigenvalue weighted by Gasteiger charge is -2.30. The van der Waals surface area contributed by atoms with Crippen molar-refractivity contribution >= 4 is 40.9 Å². The molecule has 1 aromatic carbocycles. The van der Waals surface area contributed by atoms with Gasteiger partial charge in [-0.1, -0.05) is 12.1 Å². The maximum atomic E-state index is 13.4. The highest BCUT2D eigenvalue weighted by atomic mass is 32.1. The number of rotatable bonds is 3. The highest BCUT2D eigenvalue weighted by Gasteiger charge is 2.35. The van der Waals surface area contributed by atoms with Crippen LogP contribution in [0.15, 0.2) is 54.4 Å². The zero-order valence-electron chi connectivity index (χ0n) is 17.8. The number of hydrogen-bond donors (Lipinski definition) is 1. The Morgan fingerprint density at radius 2 is 1.74 bits per heavy atom. The number of nitrogens with one attached hydrogen (secondary N) is 1. The zero-order valence-corrected chi connectivity index (χ0v) is 18.6. The molecule has 0 saturated carbocycles. The van der Waals surface area contributed by atoms with Crippen LogP contribution in [0.4, 0.5) is 5.69 Å². The van der Waals surface area contributed by atoms with Crippen molar-refractivity contribution in [1.82, 2.24) is 14.9 Å². The fourth-order valence-corrected chi connectivity index (χ4v) is 4.11. The van der Waals surface area contributed by atoms with Gasteiger partial charge in [-0.05, 0) is 86.9 Å². The van der Waals surface area contributed by atoms with Crippen molar-refractivity contribution in [2.24, 2.45) is 0 Å². The minimum Gasteiger partial charge on any atom is -0.318 e. The molecule has 3 heterocycles. The van der Waals surface area contributed by atoms with Crippen LogP contribution in [0, 0.1) is 27.7 Å². The molecule has 0 spiro atoms. The molecule has 2 aromatic heterocycles. The third kappa shape index (κ3) is 3.57. The predicted octanol–water partition coefficient (Wildman–Crippen LogP) is 3.94. The van der Waals surface area contributed by atoms with E-state index >= 15 is 0 Å². The molecule has 7 heteroatoms. The number of aromatic nitrogens is 2. The monoisotopic (exact) mass is 430 g/mol. The number of benzene rings is 1. The quantitative estimate of drug-likeness (QED) is 0.388. The summed E-state index contributed by atoms with van der Waals surface area (Å²) < 4.78 is 2.06. The summed E-state index contributed by atoms with van der Waals surface area (Å²) in [6, 6.07) is 11.5. The topological polar surface area (TPSA) is 67.2 Å². The van der Waals surface area contributed by atoms with Crippen LogP contribution in [0.2, 0.25) is 0 Å². The third-order valence-corrected chi connectivity index (χ3v) is 5.89. The molecule has 0 radical (unpaired) electrons. The van der Waals surface area contributed by atoms with E-state index in [0.29, 0.717) is 5.69 Å². The highest BCUT2D eigenvalue weighted by molar-refractivity contribution is 7.80. The molecule has 156 valence electrons. The molecule has 0 aliphatic carbocycles. The van der Waals surface area contributed by atoms with Gasteiger partial charge in [0.1, 0.15) is 5.57 Å². The number of pyridine rings is 1. The summed E-state index contributed by atoms with van der Waals surface area (Å²) in [4.78, 5) is 31.5. The second-order valence-corrected chi connectivity index (χ2v) is 7.93. The number of anilines is 1. The fraction of sp³-hybridized carbons (Fsp3) is 0.167. The average molecular weight is 431 g/mol. The van der Waals surface area contributed by atoms with Crippen molar-refractivity contribution in [3.8, 4) is 5.69 Å². The van der Waals surface area contributed by atoms with Crippen LogP contribution < -0.4 is 10.2 Å². The lowest BCUT2D eigenvalue weighted by atomic mass is 10.0. The van der Waals surface area contributed by atoms with E-state index in [9.17, 15) is 9.59 Å². The van der Waals surface area contributed by atoms with Gasteiger partial charge in [0.15, 0.2) is 5.11 Å². The normalized spacial score (nSPS) is 15.5. The number of amides is 2. The minimum atomic E-state index is -0.495. The zero-order chi connectivity index (χ0) is 22.3. The average Bonchev–Trinajstić information content (AvgIpc) is 3.02. The van der Waals surface area contributed by atoms with E-state index < -0.39 is 11.8 Å². The number of aryl methyl sites for hydroxylation is 2. The number of hydrogen-bond acceptors (Lipinski definition) is 4. The molecule has 1 aliphatic rings.